The molecule has 0 radical (unpaired) electrons. The van der Waals surface area contributed by atoms with Crippen molar-refractivity contribution >= 4 is 6.29 Å². The molecule has 3 atom stereocenters. The Bertz CT molecular complexity index is 142. The third-order valence-electron chi connectivity index (χ3n) is 3.14. The molecule has 0 aliphatic heterocycles. The maximum Gasteiger partial charge on any atom is 0.123 e. The number of carbonyl (C=O) groups excluding carboxylic acids is 1. The van der Waals surface area contributed by atoms with Gasteiger partial charge in [0.05, 0.1) is 0 Å². The largest absolute Gasteiger partial charge is 0.303 e. The first-order valence-electron chi connectivity index (χ1n) is 5.23. The van der Waals surface area contributed by atoms with Crippen LogP contribution in [0.15, 0.2) is 0 Å². The van der Waals surface area contributed by atoms with E-state index in [-0.39, 0.29) is 0 Å². The fraction of sp³-hybridized carbons (Fsp3) is 0.909. The van der Waals surface area contributed by atoms with E-state index in [1.807, 2.05) is 0 Å². The highest BCUT2D eigenvalue weighted by Crippen LogP contribution is 2.34. The highest BCUT2D eigenvalue weighted by molar-refractivity contribution is 5.54. The van der Waals surface area contributed by atoms with Crippen molar-refractivity contribution in [3.63, 3.8) is 0 Å². The second kappa shape index (κ2) is 4.64. The Morgan fingerprint density at radius 3 is 2.75 bits per heavy atom. The van der Waals surface area contributed by atoms with Gasteiger partial charge in [0.25, 0.3) is 0 Å². The van der Waals surface area contributed by atoms with Crippen LogP contribution in [0.3, 0.4) is 0 Å². The van der Waals surface area contributed by atoms with Crippen molar-refractivity contribution in [3.8, 4) is 0 Å². The minimum Gasteiger partial charge on any atom is -0.303 e. The number of hydrogen-bond donors (Lipinski definition) is 0. The van der Waals surface area contributed by atoms with Gasteiger partial charge >= 0.3 is 0 Å². The van der Waals surface area contributed by atoms with Crippen LogP contribution in [0.2, 0.25) is 0 Å². The van der Waals surface area contributed by atoms with Gasteiger partial charge in [-0.25, -0.2) is 0 Å². The van der Waals surface area contributed by atoms with E-state index in [1.54, 1.807) is 0 Å². The van der Waals surface area contributed by atoms with E-state index in [9.17, 15) is 4.79 Å². The molecule has 70 valence electrons. The molecule has 0 aromatic rings. The number of carbonyl (C=O) groups is 1. The summed E-state index contributed by atoms with van der Waals surface area (Å²) in [6.45, 7) is 4.47. The molecule has 1 heteroatoms. The summed E-state index contributed by atoms with van der Waals surface area (Å²) in [4.78, 5) is 10.8. The molecule has 0 saturated heterocycles. The smallest absolute Gasteiger partial charge is 0.123 e. The molecule has 0 aromatic heterocycles. The molecule has 0 spiro atoms. The van der Waals surface area contributed by atoms with E-state index in [2.05, 4.69) is 13.8 Å². The number of aldehydes is 1. The predicted octanol–water partition coefficient (Wildman–Crippen LogP) is 3.04. The summed E-state index contributed by atoms with van der Waals surface area (Å²) in [6, 6.07) is 0. The van der Waals surface area contributed by atoms with Gasteiger partial charge in [0, 0.05) is 5.92 Å². The average Bonchev–Trinajstić information content (AvgIpc) is 2.08. The van der Waals surface area contributed by atoms with Gasteiger partial charge in [0.15, 0.2) is 0 Å². The molecular weight excluding hydrogens is 148 g/mol. The topological polar surface area (TPSA) is 17.1 Å². The highest BCUT2D eigenvalue weighted by Gasteiger charge is 2.27. The van der Waals surface area contributed by atoms with Gasteiger partial charge in [-0.15, -0.1) is 0 Å². The van der Waals surface area contributed by atoms with Gasteiger partial charge in [-0.05, 0) is 24.7 Å². The van der Waals surface area contributed by atoms with Gasteiger partial charge in [-0.2, -0.15) is 0 Å². The molecule has 0 aromatic carbocycles. The van der Waals surface area contributed by atoms with E-state index in [4.69, 9.17) is 0 Å². The molecule has 1 rings (SSSR count). The van der Waals surface area contributed by atoms with Crippen molar-refractivity contribution in [1.82, 2.24) is 0 Å². The zero-order chi connectivity index (χ0) is 8.97. The lowest BCUT2D eigenvalue weighted by Crippen LogP contribution is -2.24. The van der Waals surface area contributed by atoms with E-state index < -0.39 is 0 Å². The first-order chi connectivity index (χ1) is 5.77. The molecule has 1 nitrogen and oxygen atoms in total. The average molecular weight is 168 g/mol. The normalized spacial score (nSPS) is 36.3. The van der Waals surface area contributed by atoms with Gasteiger partial charge in [-0.1, -0.05) is 33.1 Å². The minimum absolute atomic E-state index is 0.369. The molecular formula is C11H20O. The molecule has 1 aliphatic rings. The molecule has 1 saturated carbocycles. The first-order valence-corrected chi connectivity index (χ1v) is 5.23. The lowest BCUT2D eigenvalue weighted by atomic mass is 9.74. The zero-order valence-electron chi connectivity index (χ0n) is 8.25. The summed E-state index contributed by atoms with van der Waals surface area (Å²) < 4.78 is 0. The van der Waals surface area contributed by atoms with Crippen molar-refractivity contribution in [2.75, 3.05) is 0 Å². The van der Waals surface area contributed by atoms with E-state index in [0.717, 1.165) is 12.3 Å². The second-order valence-corrected chi connectivity index (χ2v) is 4.27. The van der Waals surface area contributed by atoms with Crippen molar-refractivity contribution in [2.24, 2.45) is 17.8 Å². The number of hydrogen-bond acceptors (Lipinski definition) is 1. The van der Waals surface area contributed by atoms with Crippen LogP contribution < -0.4 is 0 Å². The first kappa shape index (κ1) is 9.76. The van der Waals surface area contributed by atoms with Gasteiger partial charge < -0.3 is 4.79 Å². The Kier molecular flexibility index (Phi) is 3.77. The Labute approximate surface area is 75.5 Å². The molecule has 0 N–H and O–H groups in total. The van der Waals surface area contributed by atoms with Crippen LogP contribution in [-0.2, 0) is 4.79 Å². The molecule has 0 amide bonds. The van der Waals surface area contributed by atoms with Crippen LogP contribution in [0, 0.1) is 17.8 Å². The van der Waals surface area contributed by atoms with Crippen molar-refractivity contribution in [2.45, 2.75) is 46.0 Å². The van der Waals surface area contributed by atoms with Crippen LogP contribution in [-0.4, -0.2) is 6.29 Å². The molecule has 12 heavy (non-hydrogen) atoms. The summed E-state index contributed by atoms with van der Waals surface area (Å²) in [6.07, 6.45) is 7.40. The Morgan fingerprint density at radius 2 is 2.17 bits per heavy atom. The predicted molar refractivity (Wildman–Crippen MR) is 51.0 cm³/mol. The lowest BCUT2D eigenvalue weighted by Gasteiger charge is -2.31. The van der Waals surface area contributed by atoms with Gasteiger partial charge in [0.2, 0.25) is 0 Å². The molecule has 1 fully saturated rings. The third kappa shape index (κ3) is 2.33. The fourth-order valence-corrected chi connectivity index (χ4v) is 2.38. The van der Waals surface area contributed by atoms with Crippen LogP contribution in [0.4, 0.5) is 0 Å². The summed E-state index contributed by atoms with van der Waals surface area (Å²) >= 11 is 0. The summed E-state index contributed by atoms with van der Waals surface area (Å²) in [5.41, 5.74) is 0. The van der Waals surface area contributed by atoms with E-state index >= 15 is 0 Å². The van der Waals surface area contributed by atoms with Crippen molar-refractivity contribution < 1.29 is 4.79 Å². The van der Waals surface area contributed by atoms with Crippen LogP contribution in [0.5, 0.6) is 0 Å². The van der Waals surface area contributed by atoms with Crippen molar-refractivity contribution in [3.05, 3.63) is 0 Å². The summed E-state index contributed by atoms with van der Waals surface area (Å²) in [7, 11) is 0. The minimum atomic E-state index is 0.369. The van der Waals surface area contributed by atoms with Gasteiger partial charge in [0.1, 0.15) is 6.29 Å². The SMILES string of the molecule is CCCC1CCC(C)CC1C=O. The molecule has 0 bridgehead atoms. The van der Waals surface area contributed by atoms with Gasteiger partial charge in [-0.3, -0.25) is 0 Å². The Hall–Kier alpha value is -0.330. The van der Waals surface area contributed by atoms with Crippen LogP contribution in [0.25, 0.3) is 0 Å². The molecule has 3 unspecified atom stereocenters. The van der Waals surface area contributed by atoms with E-state index in [0.29, 0.717) is 11.8 Å². The number of rotatable bonds is 3. The van der Waals surface area contributed by atoms with Crippen molar-refractivity contribution in [1.29, 1.82) is 0 Å². The quantitative estimate of drug-likeness (QED) is 0.592. The maximum absolute atomic E-state index is 10.8. The lowest BCUT2D eigenvalue weighted by molar-refractivity contribution is -0.114. The Balaban J connectivity index is 2.44. The van der Waals surface area contributed by atoms with Crippen LogP contribution >= 0.6 is 0 Å². The maximum atomic E-state index is 10.8. The highest BCUT2D eigenvalue weighted by atomic mass is 16.1. The Morgan fingerprint density at radius 1 is 1.42 bits per heavy atom. The standard InChI is InChI=1S/C11H20O/c1-3-4-10-6-5-9(2)7-11(10)8-12/h8-11H,3-7H2,1-2H3. The van der Waals surface area contributed by atoms with E-state index in [1.165, 1.54) is 32.0 Å². The third-order valence-corrected chi connectivity index (χ3v) is 3.14. The monoisotopic (exact) mass is 168 g/mol. The molecule has 1 aliphatic carbocycles. The summed E-state index contributed by atoms with van der Waals surface area (Å²) in [5, 5.41) is 0. The fourth-order valence-electron chi connectivity index (χ4n) is 2.38. The zero-order valence-corrected chi connectivity index (χ0v) is 8.25. The summed E-state index contributed by atoms with van der Waals surface area (Å²) in [5.74, 6) is 1.84. The van der Waals surface area contributed by atoms with Crippen LogP contribution in [0.1, 0.15) is 46.0 Å². The molecule has 0 heterocycles. The second-order valence-electron chi connectivity index (χ2n) is 4.27.